The number of nitrogens with zero attached hydrogens (tertiary/aromatic N) is 1. The second-order valence-electron chi connectivity index (χ2n) is 2.90. The van der Waals surface area contributed by atoms with Gasteiger partial charge in [0, 0.05) is 25.5 Å². The van der Waals surface area contributed by atoms with E-state index in [1.54, 1.807) is 12.4 Å². The van der Waals surface area contributed by atoms with Gasteiger partial charge >= 0.3 is 0 Å². The number of nitrogens with two attached hydrogens (primary N) is 1. The van der Waals surface area contributed by atoms with Crippen molar-refractivity contribution in [1.29, 1.82) is 0 Å². The summed E-state index contributed by atoms with van der Waals surface area (Å²) in [4.78, 5) is 3.87. The van der Waals surface area contributed by atoms with E-state index in [9.17, 15) is 8.42 Å². The topological polar surface area (TPSA) is 85.1 Å². The van der Waals surface area contributed by atoms with Crippen LogP contribution in [0.1, 0.15) is 5.56 Å². The molecule has 0 aromatic carbocycles. The van der Waals surface area contributed by atoms with Crippen molar-refractivity contribution in [3.63, 3.8) is 0 Å². The molecular formula is C8H13N3O2S. The van der Waals surface area contributed by atoms with Crippen molar-refractivity contribution in [1.82, 2.24) is 10.3 Å². The number of sulfonamides is 1. The molecule has 1 heterocycles. The number of nitrogens with one attached hydrogen (secondary N) is 1. The zero-order chi connectivity index (χ0) is 10.4. The molecule has 0 radical (unpaired) electrons. The average Bonchev–Trinajstić information content (AvgIpc) is 2.13. The predicted octanol–water partition coefficient (Wildman–Crippen LogP) is -0.540. The maximum atomic E-state index is 10.6. The Hall–Kier alpha value is -0.980. The van der Waals surface area contributed by atoms with Crippen molar-refractivity contribution < 1.29 is 8.42 Å². The molecule has 0 unspecified atom stereocenters. The lowest BCUT2D eigenvalue weighted by Crippen LogP contribution is -2.26. The van der Waals surface area contributed by atoms with Gasteiger partial charge in [0.15, 0.2) is 0 Å². The molecular weight excluding hydrogens is 202 g/mol. The van der Waals surface area contributed by atoms with Gasteiger partial charge in [-0.25, -0.2) is 13.6 Å². The Labute approximate surface area is 83.4 Å². The summed E-state index contributed by atoms with van der Waals surface area (Å²) in [5.41, 5.74) is 1.06. The van der Waals surface area contributed by atoms with Crippen molar-refractivity contribution in [3.05, 3.63) is 30.1 Å². The molecule has 5 nitrogen and oxygen atoms in total. The summed E-state index contributed by atoms with van der Waals surface area (Å²) in [5, 5.41) is 7.81. The molecule has 0 fully saturated rings. The van der Waals surface area contributed by atoms with Crippen molar-refractivity contribution in [2.45, 2.75) is 6.54 Å². The van der Waals surface area contributed by atoms with E-state index >= 15 is 0 Å². The minimum atomic E-state index is -3.35. The van der Waals surface area contributed by atoms with Crippen LogP contribution in [-0.2, 0) is 16.6 Å². The van der Waals surface area contributed by atoms with Crippen LogP contribution in [0.25, 0.3) is 0 Å². The average molecular weight is 215 g/mol. The van der Waals surface area contributed by atoms with E-state index in [4.69, 9.17) is 5.14 Å². The van der Waals surface area contributed by atoms with E-state index in [0.29, 0.717) is 13.1 Å². The van der Waals surface area contributed by atoms with Gasteiger partial charge in [0.05, 0.1) is 5.75 Å². The van der Waals surface area contributed by atoms with Crippen LogP contribution in [0.5, 0.6) is 0 Å². The molecule has 0 bridgehead atoms. The molecule has 0 aliphatic rings. The maximum absolute atomic E-state index is 10.6. The van der Waals surface area contributed by atoms with E-state index in [0.717, 1.165) is 5.56 Å². The zero-order valence-corrected chi connectivity index (χ0v) is 8.50. The summed E-state index contributed by atoms with van der Waals surface area (Å²) in [6.45, 7) is 0.985. The Balaban J connectivity index is 2.23. The second kappa shape index (κ2) is 5.04. The fraction of sp³-hybridized carbons (Fsp3) is 0.375. The van der Waals surface area contributed by atoms with Crippen LogP contribution in [0.4, 0.5) is 0 Å². The van der Waals surface area contributed by atoms with Crippen molar-refractivity contribution in [2.75, 3.05) is 12.3 Å². The molecule has 0 spiro atoms. The first-order valence-electron chi connectivity index (χ1n) is 4.18. The molecule has 1 rings (SSSR count). The largest absolute Gasteiger partial charge is 0.312 e. The molecule has 3 N–H and O–H groups in total. The molecule has 1 aromatic heterocycles. The number of pyridine rings is 1. The molecule has 6 heteroatoms. The van der Waals surface area contributed by atoms with E-state index in [1.807, 2.05) is 12.1 Å². The van der Waals surface area contributed by atoms with E-state index < -0.39 is 10.0 Å². The SMILES string of the molecule is NS(=O)(=O)CCNCc1ccncc1. The summed E-state index contributed by atoms with van der Waals surface area (Å²) >= 11 is 0. The van der Waals surface area contributed by atoms with Gasteiger partial charge in [-0.1, -0.05) is 0 Å². The van der Waals surface area contributed by atoms with Crippen LogP contribution in [0, 0.1) is 0 Å². The third kappa shape index (κ3) is 4.90. The Morgan fingerprint density at radius 2 is 2.00 bits per heavy atom. The van der Waals surface area contributed by atoms with Crippen LogP contribution in [-0.4, -0.2) is 25.7 Å². The lowest BCUT2D eigenvalue weighted by Gasteiger charge is -2.02. The minimum absolute atomic E-state index is 0.0436. The zero-order valence-electron chi connectivity index (χ0n) is 7.68. The number of hydrogen-bond acceptors (Lipinski definition) is 4. The van der Waals surface area contributed by atoms with Crippen LogP contribution < -0.4 is 10.5 Å². The van der Waals surface area contributed by atoms with Gasteiger partial charge in [-0.3, -0.25) is 4.98 Å². The first-order chi connectivity index (χ1) is 6.58. The Morgan fingerprint density at radius 3 is 2.57 bits per heavy atom. The quantitative estimate of drug-likeness (QED) is 0.646. The summed E-state index contributed by atoms with van der Waals surface area (Å²) in [6.07, 6.45) is 3.38. The van der Waals surface area contributed by atoms with Crippen molar-refractivity contribution in [2.24, 2.45) is 5.14 Å². The molecule has 78 valence electrons. The van der Waals surface area contributed by atoms with Crippen LogP contribution in [0.3, 0.4) is 0 Å². The third-order valence-corrected chi connectivity index (χ3v) is 2.41. The minimum Gasteiger partial charge on any atom is -0.312 e. The molecule has 0 aliphatic carbocycles. The fourth-order valence-electron chi connectivity index (χ4n) is 0.948. The first-order valence-corrected chi connectivity index (χ1v) is 5.89. The normalized spacial score (nSPS) is 11.5. The lowest BCUT2D eigenvalue weighted by atomic mass is 10.3. The molecule has 0 atom stereocenters. The standard InChI is InChI=1S/C8H13N3O2S/c9-14(12,13)6-5-11-7-8-1-3-10-4-2-8/h1-4,11H,5-7H2,(H2,9,12,13). The molecule has 0 saturated carbocycles. The highest BCUT2D eigenvalue weighted by Gasteiger charge is 2.00. The van der Waals surface area contributed by atoms with E-state index in [2.05, 4.69) is 10.3 Å². The number of primary sulfonamides is 1. The Morgan fingerprint density at radius 1 is 1.36 bits per heavy atom. The van der Waals surface area contributed by atoms with Gasteiger partial charge in [0.1, 0.15) is 0 Å². The summed E-state index contributed by atoms with van der Waals surface area (Å²) < 4.78 is 21.1. The van der Waals surface area contributed by atoms with Gasteiger partial charge in [-0.2, -0.15) is 0 Å². The molecule has 0 saturated heterocycles. The first kappa shape index (κ1) is 11.1. The Bertz CT molecular complexity index is 363. The number of rotatable bonds is 5. The molecule has 1 aromatic rings. The lowest BCUT2D eigenvalue weighted by molar-refractivity contribution is 0.592. The Kier molecular flexibility index (Phi) is 3.99. The van der Waals surface area contributed by atoms with Crippen LogP contribution in [0.2, 0.25) is 0 Å². The molecule has 0 amide bonds. The molecule has 0 aliphatic heterocycles. The van der Waals surface area contributed by atoms with Gasteiger partial charge in [0.2, 0.25) is 10.0 Å². The predicted molar refractivity (Wildman–Crippen MR) is 53.9 cm³/mol. The highest BCUT2D eigenvalue weighted by atomic mass is 32.2. The van der Waals surface area contributed by atoms with Crippen molar-refractivity contribution >= 4 is 10.0 Å². The van der Waals surface area contributed by atoms with E-state index in [1.165, 1.54) is 0 Å². The smallest absolute Gasteiger partial charge is 0.210 e. The fourth-order valence-corrected chi connectivity index (χ4v) is 1.38. The van der Waals surface area contributed by atoms with Crippen molar-refractivity contribution in [3.8, 4) is 0 Å². The summed E-state index contributed by atoms with van der Waals surface area (Å²) in [5.74, 6) is -0.0436. The van der Waals surface area contributed by atoms with Gasteiger partial charge in [-0.15, -0.1) is 0 Å². The monoisotopic (exact) mass is 215 g/mol. The summed E-state index contributed by atoms with van der Waals surface area (Å²) in [6, 6.07) is 3.73. The van der Waals surface area contributed by atoms with Gasteiger partial charge in [0.25, 0.3) is 0 Å². The highest BCUT2D eigenvalue weighted by molar-refractivity contribution is 7.89. The number of aromatic nitrogens is 1. The molecule has 14 heavy (non-hydrogen) atoms. The second-order valence-corrected chi connectivity index (χ2v) is 4.63. The highest BCUT2D eigenvalue weighted by Crippen LogP contribution is 1.94. The third-order valence-electron chi connectivity index (χ3n) is 1.64. The van der Waals surface area contributed by atoms with Crippen LogP contribution >= 0.6 is 0 Å². The van der Waals surface area contributed by atoms with Gasteiger partial charge < -0.3 is 5.32 Å². The van der Waals surface area contributed by atoms with Crippen LogP contribution in [0.15, 0.2) is 24.5 Å². The number of hydrogen-bond donors (Lipinski definition) is 2. The van der Waals surface area contributed by atoms with Gasteiger partial charge in [-0.05, 0) is 17.7 Å². The summed E-state index contributed by atoms with van der Waals surface area (Å²) in [7, 11) is -3.35. The van der Waals surface area contributed by atoms with E-state index in [-0.39, 0.29) is 5.75 Å². The maximum Gasteiger partial charge on any atom is 0.210 e.